The minimum Gasteiger partial charge on any atom is -0.513 e. The van der Waals surface area contributed by atoms with Crippen LogP contribution in [-0.2, 0) is 0 Å². The SMILES string of the molecule is CC1CCCC/C=C(/O)C1. The Hall–Kier alpha value is -0.460. The van der Waals surface area contributed by atoms with Crippen LogP contribution in [0.25, 0.3) is 0 Å². The molecule has 1 atom stereocenters. The molecule has 0 radical (unpaired) electrons. The Morgan fingerprint density at radius 3 is 3.10 bits per heavy atom. The topological polar surface area (TPSA) is 20.2 Å². The fourth-order valence-corrected chi connectivity index (χ4v) is 1.45. The van der Waals surface area contributed by atoms with Gasteiger partial charge in [-0.05, 0) is 24.8 Å². The van der Waals surface area contributed by atoms with Crippen molar-refractivity contribution in [1.29, 1.82) is 0 Å². The van der Waals surface area contributed by atoms with Crippen molar-refractivity contribution >= 4 is 0 Å². The summed E-state index contributed by atoms with van der Waals surface area (Å²) in [5.41, 5.74) is 0. The summed E-state index contributed by atoms with van der Waals surface area (Å²) in [7, 11) is 0. The molecular formula is C9H16O. The van der Waals surface area contributed by atoms with Crippen molar-refractivity contribution in [3.8, 4) is 0 Å². The van der Waals surface area contributed by atoms with E-state index in [9.17, 15) is 5.11 Å². The number of allylic oxidation sites excluding steroid dienone is 2. The van der Waals surface area contributed by atoms with Crippen LogP contribution in [-0.4, -0.2) is 5.11 Å². The zero-order valence-corrected chi connectivity index (χ0v) is 6.64. The zero-order valence-electron chi connectivity index (χ0n) is 6.64. The second-order valence-electron chi connectivity index (χ2n) is 3.29. The van der Waals surface area contributed by atoms with Gasteiger partial charge in [0.05, 0.1) is 5.76 Å². The maximum atomic E-state index is 9.25. The lowest BCUT2D eigenvalue weighted by molar-refractivity contribution is 0.337. The number of aliphatic hydroxyl groups is 1. The molecule has 0 aromatic rings. The molecule has 0 spiro atoms. The molecule has 1 aliphatic carbocycles. The minimum atomic E-state index is 0.604. The van der Waals surface area contributed by atoms with E-state index in [0.717, 1.165) is 12.8 Å². The number of aliphatic hydroxyl groups excluding tert-OH is 1. The Morgan fingerprint density at radius 2 is 2.30 bits per heavy atom. The van der Waals surface area contributed by atoms with E-state index in [1.165, 1.54) is 19.3 Å². The van der Waals surface area contributed by atoms with Gasteiger partial charge < -0.3 is 5.11 Å². The van der Waals surface area contributed by atoms with Crippen LogP contribution in [0, 0.1) is 5.92 Å². The van der Waals surface area contributed by atoms with E-state index in [-0.39, 0.29) is 0 Å². The van der Waals surface area contributed by atoms with Crippen LogP contribution in [0.4, 0.5) is 0 Å². The molecule has 0 aromatic heterocycles. The monoisotopic (exact) mass is 140 g/mol. The highest BCUT2D eigenvalue weighted by molar-refractivity contribution is 4.93. The Morgan fingerprint density at radius 1 is 1.50 bits per heavy atom. The summed E-state index contributed by atoms with van der Waals surface area (Å²) >= 11 is 0. The first-order chi connectivity index (χ1) is 4.79. The summed E-state index contributed by atoms with van der Waals surface area (Å²) < 4.78 is 0. The van der Waals surface area contributed by atoms with E-state index in [1.54, 1.807) is 0 Å². The van der Waals surface area contributed by atoms with Crippen molar-refractivity contribution < 1.29 is 5.11 Å². The lowest BCUT2D eigenvalue weighted by atomic mass is 9.96. The summed E-state index contributed by atoms with van der Waals surface area (Å²) in [5, 5.41) is 9.25. The fourth-order valence-electron chi connectivity index (χ4n) is 1.45. The third-order valence-corrected chi connectivity index (χ3v) is 2.09. The van der Waals surface area contributed by atoms with Crippen molar-refractivity contribution in [1.82, 2.24) is 0 Å². The average molecular weight is 140 g/mol. The first kappa shape index (κ1) is 7.64. The van der Waals surface area contributed by atoms with Gasteiger partial charge in [-0.3, -0.25) is 0 Å². The van der Waals surface area contributed by atoms with Crippen LogP contribution in [0.1, 0.15) is 39.0 Å². The Bertz CT molecular complexity index is 127. The number of rotatable bonds is 0. The molecular weight excluding hydrogens is 124 g/mol. The summed E-state index contributed by atoms with van der Waals surface area (Å²) in [4.78, 5) is 0. The quantitative estimate of drug-likeness (QED) is 0.548. The van der Waals surface area contributed by atoms with Gasteiger partial charge in [-0.2, -0.15) is 0 Å². The highest BCUT2D eigenvalue weighted by atomic mass is 16.3. The lowest BCUT2D eigenvalue weighted by Crippen LogP contribution is -1.99. The highest BCUT2D eigenvalue weighted by Gasteiger charge is 2.06. The van der Waals surface area contributed by atoms with E-state index < -0.39 is 0 Å². The van der Waals surface area contributed by atoms with Crippen molar-refractivity contribution in [2.45, 2.75) is 39.0 Å². The van der Waals surface area contributed by atoms with Gasteiger partial charge in [-0.15, -0.1) is 0 Å². The second kappa shape index (κ2) is 3.65. The maximum Gasteiger partial charge on any atom is 0.0885 e. The van der Waals surface area contributed by atoms with Crippen molar-refractivity contribution in [2.24, 2.45) is 5.92 Å². The third-order valence-electron chi connectivity index (χ3n) is 2.09. The molecule has 1 rings (SSSR count). The Kier molecular flexibility index (Phi) is 2.79. The highest BCUT2D eigenvalue weighted by Crippen LogP contribution is 2.20. The molecule has 1 nitrogen and oxygen atoms in total. The second-order valence-corrected chi connectivity index (χ2v) is 3.29. The van der Waals surface area contributed by atoms with Gasteiger partial charge in [-0.1, -0.05) is 19.8 Å². The molecule has 0 aromatic carbocycles. The molecule has 0 aliphatic heterocycles. The van der Waals surface area contributed by atoms with Crippen LogP contribution in [0.2, 0.25) is 0 Å². The van der Waals surface area contributed by atoms with Gasteiger partial charge in [0.25, 0.3) is 0 Å². The minimum absolute atomic E-state index is 0.604. The van der Waals surface area contributed by atoms with Gasteiger partial charge in [-0.25, -0.2) is 0 Å². The fraction of sp³-hybridized carbons (Fsp3) is 0.778. The molecule has 1 N–H and O–H groups in total. The lowest BCUT2D eigenvalue weighted by Gasteiger charge is -2.12. The molecule has 0 amide bonds. The van der Waals surface area contributed by atoms with Gasteiger partial charge >= 0.3 is 0 Å². The van der Waals surface area contributed by atoms with Crippen LogP contribution < -0.4 is 0 Å². The molecule has 1 aliphatic rings. The van der Waals surface area contributed by atoms with E-state index in [2.05, 4.69) is 6.92 Å². The van der Waals surface area contributed by atoms with Gasteiger partial charge in [0, 0.05) is 6.42 Å². The van der Waals surface area contributed by atoms with Crippen LogP contribution in [0.15, 0.2) is 11.8 Å². The first-order valence-electron chi connectivity index (χ1n) is 4.17. The zero-order chi connectivity index (χ0) is 7.40. The van der Waals surface area contributed by atoms with E-state index >= 15 is 0 Å². The molecule has 0 heterocycles. The Balaban J connectivity index is 2.43. The molecule has 1 heteroatoms. The molecule has 0 saturated carbocycles. The average Bonchev–Trinajstić information content (AvgIpc) is 1.83. The number of hydrogen-bond acceptors (Lipinski definition) is 1. The van der Waals surface area contributed by atoms with E-state index in [1.807, 2.05) is 6.08 Å². The standard InChI is InChI=1S/C9H16O/c1-8-5-3-2-4-6-9(10)7-8/h6,8,10H,2-5,7H2,1H3/b9-6+. The summed E-state index contributed by atoms with van der Waals surface area (Å²) in [5.74, 6) is 1.28. The van der Waals surface area contributed by atoms with E-state index in [0.29, 0.717) is 11.7 Å². The molecule has 1 unspecified atom stereocenters. The summed E-state index contributed by atoms with van der Waals surface area (Å²) in [6.07, 6.45) is 7.77. The van der Waals surface area contributed by atoms with Crippen molar-refractivity contribution in [3.05, 3.63) is 11.8 Å². The Labute approximate surface area is 62.8 Å². The predicted molar refractivity (Wildman–Crippen MR) is 43.0 cm³/mol. The normalized spacial score (nSPS) is 33.7. The maximum absolute atomic E-state index is 9.25. The van der Waals surface area contributed by atoms with Crippen LogP contribution in [0.3, 0.4) is 0 Å². The predicted octanol–water partition coefficient (Wildman–Crippen LogP) is 3.03. The molecule has 0 saturated heterocycles. The smallest absolute Gasteiger partial charge is 0.0885 e. The molecule has 0 bridgehead atoms. The van der Waals surface area contributed by atoms with E-state index in [4.69, 9.17) is 0 Å². The largest absolute Gasteiger partial charge is 0.513 e. The first-order valence-corrected chi connectivity index (χ1v) is 4.17. The molecule has 58 valence electrons. The third kappa shape index (κ3) is 2.42. The summed E-state index contributed by atoms with van der Waals surface area (Å²) in [6.45, 7) is 2.20. The van der Waals surface area contributed by atoms with Crippen molar-refractivity contribution in [2.75, 3.05) is 0 Å². The van der Waals surface area contributed by atoms with Gasteiger partial charge in [0.1, 0.15) is 0 Å². The van der Waals surface area contributed by atoms with Crippen LogP contribution in [0.5, 0.6) is 0 Å². The molecule has 10 heavy (non-hydrogen) atoms. The van der Waals surface area contributed by atoms with Gasteiger partial charge in [0.2, 0.25) is 0 Å². The molecule has 0 fully saturated rings. The van der Waals surface area contributed by atoms with Gasteiger partial charge in [0.15, 0.2) is 0 Å². The summed E-state index contributed by atoms with van der Waals surface area (Å²) in [6, 6.07) is 0. The van der Waals surface area contributed by atoms with Crippen LogP contribution >= 0.6 is 0 Å². The number of hydrogen-bond donors (Lipinski definition) is 1. The van der Waals surface area contributed by atoms with Crippen molar-refractivity contribution in [3.63, 3.8) is 0 Å².